The number of amides is 4. The third-order valence-electron chi connectivity index (χ3n) is 13.4. The highest BCUT2D eigenvalue weighted by Crippen LogP contribution is 2.46. The molecule has 4 amide bonds. The number of fused-ring (bicyclic) bond motifs is 5. The van der Waals surface area contributed by atoms with Gasteiger partial charge in [0, 0.05) is 42.1 Å². The van der Waals surface area contributed by atoms with Gasteiger partial charge in [0.25, 0.3) is 11.8 Å². The van der Waals surface area contributed by atoms with Crippen LogP contribution in [0.4, 0.5) is 10.5 Å². The van der Waals surface area contributed by atoms with Crippen LogP contribution < -0.4 is 25.0 Å². The van der Waals surface area contributed by atoms with E-state index < -0.39 is 68.7 Å². The van der Waals surface area contributed by atoms with E-state index in [0.29, 0.717) is 54.6 Å². The summed E-state index contributed by atoms with van der Waals surface area (Å²) in [6.07, 6.45) is 9.87. The highest BCUT2D eigenvalue weighted by molar-refractivity contribution is 7.91. The van der Waals surface area contributed by atoms with E-state index in [2.05, 4.69) is 34.1 Å². The van der Waals surface area contributed by atoms with Crippen molar-refractivity contribution in [2.24, 2.45) is 5.92 Å². The van der Waals surface area contributed by atoms with Gasteiger partial charge in [-0.15, -0.1) is 0 Å². The van der Waals surface area contributed by atoms with Crippen LogP contribution >= 0.6 is 0 Å². The quantitative estimate of drug-likeness (QED) is 0.143. The molecule has 9 rings (SSSR count). The molecule has 16 nitrogen and oxygen atoms in total. The molecule has 340 valence electrons. The van der Waals surface area contributed by atoms with Gasteiger partial charge >= 0.3 is 6.09 Å². The van der Waals surface area contributed by atoms with E-state index >= 15 is 0 Å². The van der Waals surface area contributed by atoms with Gasteiger partial charge < -0.3 is 34.3 Å². The van der Waals surface area contributed by atoms with Gasteiger partial charge in [0.15, 0.2) is 5.82 Å². The standard InChI is InChI=1S/C47H57N7O9S/c1-3-53(4-2)31-22-20-29(21-23-31)41-49-39-35-17-12-13-19-38(35)63-40(39)43(50-41)61-33-26-37-42(55)51-47(45(57)52-64(59,60)34-24-25-34)27-30(47)14-8-6-5-7-9-18-36(44(56)54(37)28-33)48-46(58)62-32-15-10-11-16-32/h8,12-14,17,19-23,30,32-34,36-37H,3-7,9-11,15-16,18,24-28H2,1-2H3,(H,48,58)(H,51,55)(H,52,57)/b14-8-/t30-,33+,36-,37-,47+/m0/s1. The van der Waals surface area contributed by atoms with Crippen LogP contribution in [0.2, 0.25) is 0 Å². The number of nitrogens with zero attached hydrogens (tertiary/aromatic N) is 4. The second-order valence-electron chi connectivity index (χ2n) is 17.9. The molecular weight excluding hydrogens is 839 g/mol. The number of hydrogen-bond donors (Lipinski definition) is 3. The number of para-hydroxylation sites is 1. The minimum absolute atomic E-state index is 0.00494. The molecular formula is C47H57N7O9S. The predicted molar refractivity (Wildman–Crippen MR) is 240 cm³/mol. The molecule has 3 aliphatic carbocycles. The molecule has 5 atom stereocenters. The molecule has 2 aromatic heterocycles. The number of rotatable bonds is 11. The maximum absolute atomic E-state index is 14.8. The summed E-state index contributed by atoms with van der Waals surface area (Å²) in [5.41, 5.74) is 1.71. The first kappa shape index (κ1) is 43.5. The number of anilines is 1. The molecule has 2 aliphatic heterocycles. The van der Waals surface area contributed by atoms with E-state index in [1.165, 1.54) is 4.90 Å². The van der Waals surface area contributed by atoms with E-state index in [0.717, 1.165) is 68.3 Å². The van der Waals surface area contributed by atoms with Crippen molar-refractivity contribution in [2.45, 2.75) is 132 Å². The molecule has 3 N–H and O–H groups in total. The number of ether oxygens (including phenoxy) is 2. The Morgan fingerprint density at radius 3 is 2.44 bits per heavy atom. The van der Waals surface area contributed by atoms with Crippen molar-refractivity contribution in [3.63, 3.8) is 0 Å². The maximum atomic E-state index is 14.8. The molecule has 4 aromatic rings. The van der Waals surface area contributed by atoms with Gasteiger partial charge in [-0.25, -0.2) is 18.2 Å². The molecule has 0 bridgehead atoms. The zero-order valence-electron chi connectivity index (χ0n) is 36.4. The summed E-state index contributed by atoms with van der Waals surface area (Å²) in [6.45, 7) is 5.85. The number of hydrogen-bond acceptors (Lipinski definition) is 12. The van der Waals surface area contributed by atoms with Crippen LogP contribution in [0.15, 0.2) is 65.1 Å². The number of alkyl carbamates (subject to hydrolysis) is 1. The van der Waals surface area contributed by atoms with Crippen molar-refractivity contribution >= 4 is 61.6 Å². The molecule has 64 heavy (non-hydrogen) atoms. The summed E-state index contributed by atoms with van der Waals surface area (Å²) in [6, 6.07) is 13.3. The van der Waals surface area contributed by atoms with Crippen LogP contribution in [0.1, 0.15) is 97.3 Å². The smallest absolute Gasteiger partial charge is 0.408 e. The third-order valence-corrected chi connectivity index (χ3v) is 15.3. The van der Waals surface area contributed by atoms with Gasteiger partial charge in [-0.3, -0.25) is 19.1 Å². The number of nitrogens with one attached hydrogen (secondary N) is 3. The second-order valence-corrected chi connectivity index (χ2v) is 19.8. The van der Waals surface area contributed by atoms with Crippen LogP contribution in [-0.2, 0) is 29.1 Å². The number of allylic oxidation sites excluding steroid dienone is 1. The lowest BCUT2D eigenvalue weighted by Gasteiger charge is -2.30. The number of furan rings is 1. The van der Waals surface area contributed by atoms with Gasteiger partial charge in [0.2, 0.25) is 27.4 Å². The average molecular weight is 896 g/mol. The van der Waals surface area contributed by atoms with E-state index in [1.807, 2.05) is 60.7 Å². The number of sulfonamides is 1. The molecule has 2 aromatic carbocycles. The maximum Gasteiger partial charge on any atom is 0.408 e. The molecule has 0 unspecified atom stereocenters. The molecule has 4 fully saturated rings. The van der Waals surface area contributed by atoms with Crippen LogP contribution in [0, 0.1) is 5.92 Å². The lowest BCUT2D eigenvalue weighted by Crippen LogP contribution is -2.58. The number of carbonyl (C=O) groups excluding carboxylic acids is 4. The van der Waals surface area contributed by atoms with Crippen molar-refractivity contribution in [3.8, 4) is 17.3 Å². The fourth-order valence-electron chi connectivity index (χ4n) is 9.52. The van der Waals surface area contributed by atoms with Crippen molar-refractivity contribution in [2.75, 3.05) is 24.5 Å². The first-order valence-corrected chi connectivity index (χ1v) is 24.5. The Balaban J connectivity index is 1.05. The zero-order valence-corrected chi connectivity index (χ0v) is 37.2. The largest absolute Gasteiger partial charge is 0.470 e. The third kappa shape index (κ3) is 9.00. The van der Waals surface area contributed by atoms with E-state index in [4.69, 9.17) is 23.9 Å². The van der Waals surface area contributed by atoms with Gasteiger partial charge in [0.1, 0.15) is 40.9 Å². The van der Waals surface area contributed by atoms with Crippen LogP contribution in [-0.4, -0.2) is 102 Å². The van der Waals surface area contributed by atoms with Gasteiger partial charge in [-0.1, -0.05) is 37.1 Å². The Hall–Kier alpha value is -5.71. The Bertz CT molecular complexity index is 2550. The summed E-state index contributed by atoms with van der Waals surface area (Å²) >= 11 is 0. The summed E-state index contributed by atoms with van der Waals surface area (Å²) in [5.74, 6) is -1.84. The number of aromatic nitrogens is 2. The van der Waals surface area contributed by atoms with E-state index in [1.54, 1.807) is 0 Å². The first-order valence-electron chi connectivity index (χ1n) is 23.0. The van der Waals surface area contributed by atoms with Crippen molar-refractivity contribution in [1.82, 2.24) is 30.2 Å². The van der Waals surface area contributed by atoms with E-state index in [-0.39, 0.29) is 31.4 Å². The Morgan fingerprint density at radius 2 is 1.69 bits per heavy atom. The Kier molecular flexibility index (Phi) is 12.3. The monoisotopic (exact) mass is 895 g/mol. The fraction of sp³-hybridized carbons (Fsp3) is 0.532. The average Bonchev–Trinajstić information content (AvgIpc) is 4.10. The highest BCUT2D eigenvalue weighted by Gasteiger charge is 2.62. The summed E-state index contributed by atoms with van der Waals surface area (Å²) in [5, 5.41) is 5.88. The minimum Gasteiger partial charge on any atom is -0.470 e. The lowest BCUT2D eigenvalue weighted by atomic mass is 10.0. The number of carbonyl (C=O) groups is 4. The van der Waals surface area contributed by atoms with Crippen molar-refractivity contribution in [1.29, 1.82) is 0 Å². The summed E-state index contributed by atoms with van der Waals surface area (Å²) < 4.78 is 47.0. The summed E-state index contributed by atoms with van der Waals surface area (Å²) in [4.78, 5) is 70.3. The molecule has 3 saturated carbocycles. The topological polar surface area (TPSA) is 202 Å². The second kappa shape index (κ2) is 18.0. The molecule has 0 spiro atoms. The normalized spacial score (nSPS) is 26.0. The lowest BCUT2D eigenvalue weighted by molar-refractivity contribution is -0.141. The SMILES string of the molecule is CCN(CC)c1ccc(-c2nc(O[C@@H]3C[C@H]4C(=O)N[C@]5(C(=O)NS(=O)(=O)C6CC6)C[C@@H]5/C=C\CCCCC[C@H](NC(=O)OC5CCCC5)C(=O)N4C3)c3oc4ccccc4c3n2)cc1. The van der Waals surface area contributed by atoms with Gasteiger partial charge in [-0.2, -0.15) is 4.98 Å². The fourth-order valence-corrected chi connectivity index (χ4v) is 10.9. The molecule has 1 saturated heterocycles. The zero-order chi connectivity index (χ0) is 44.6. The Labute approximate surface area is 372 Å². The van der Waals surface area contributed by atoms with Gasteiger partial charge in [-0.05, 0) is 114 Å². The minimum atomic E-state index is -3.92. The first-order chi connectivity index (χ1) is 31.0. The Morgan fingerprint density at radius 1 is 0.938 bits per heavy atom. The van der Waals surface area contributed by atoms with Crippen molar-refractivity contribution in [3.05, 3.63) is 60.7 Å². The molecule has 4 heterocycles. The van der Waals surface area contributed by atoms with Crippen molar-refractivity contribution < 1.29 is 41.5 Å². The summed E-state index contributed by atoms with van der Waals surface area (Å²) in [7, 11) is -3.92. The highest BCUT2D eigenvalue weighted by atomic mass is 32.2. The van der Waals surface area contributed by atoms with Crippen LogP contribution in [0.3, 0.4) is 0 Å². The predicted octanol–water partition coefficient (Wildman–Crippen LogP) is 6.28. The van der Waals surface area contributed by atoms with Gasteiger partial charge in [0.05, 0.1) is 11.8 Å². The molecule has 0 radical (unpaired) electrons. The van der Waals surface area contributed by atoms with E-state index in [9.17, 15) is 27.6 Å². The van der Waals surface area contributed by atoms with Crippen LogP contribution in [0.25, 0.3) is 33.5 Å². The molecule has 17 heteroatoms. The van der Waals surface area contributed by atoms with Crippen LogP contribution in [0.5, 0.6) is 5.88 Å². The number of benzene rings is 2. The molecule has 5 aliphatic rings.